The zero-order valence-corrected chi connectivity index (χ0v) is 11.8. The van der Waals surface area contributed by atoms with E-state index in [1.807, 2.05) is 24.9 Å². The van der Waals surface area contributed by atoms with Crippen LogP contribution in [0.2, 0.25) is 0 Å². The highest BCUT2D eigenvalue weighted by atomic mass is 19.4. The summed E-state index contributed by atoms with van der Waals surface area (Å²) < 4.78 is 38.1. The first-order valence-corrected chi connectivity index (χ1v) is 6.83. The molecule has 1 aliphatic heterocycles. The third kappa shape index (κ3) is 3.42. The van der Waals surface area contributed by atoms with E-state index in [-0.39, 0.29) is 12.8 Å². The van der Waals surface area contributed by atoms with Gasteiger partial charge in [0.1, 0.15) is 0 Å². The van der Waals surface area contributed by atoms with Crippen molar-refractivity contribution in [2.24, 2.45) is 5.92 Å². The van der Waals surface area contributed by atoms with E-state index in [2.05, 4.69) is 10.3 Å². The Bertz CT molecular complexity index is 451. The van der Waals surface area contributed by atoms with Crippen molar-refractivity contribution < 1.29 is 13.2 Å². The second-order valence-electron chi connectivity index (χ2n) is 5.29. The quantitative estimate of drug-likeness (QED) is 0.926. The standard InChI is InChI=1S/C14H20F3N3/c1-10-7-13(11(8-18-2)9-19-10)20-5-3-12(4-6-20)14(15,16)17/h7,9,12,18H,3-6,8H2,1-2H3. The number of alkyl halides is 3. The Morgan fingerprint density at radius 3 is 2.55 bits per heavy atom. The van der Waals surface area contributed by atoms with E-state index in [0.717, 1.165) is 16.9 Å². The maximum atomic E-state index is 12.7. The van der Waals surface area contributed by atoms with Crippen LogP contribution >= 0.6 is 0 Å². The van der Waals surface area contributed by atoms with Crippen molar-refractivity contribution in [3.63, 3.8) is 0 Å². The van der Waals surface area contributed by atoms with Crippen LogP contribution in [0.15, 0.2) is 12.3 Å². The summed E-state index contributed by atoms with van der Waals surface area (Å²) in [4.78, 5) is 6.31. The normalized spacial score (nSPS) is 17.6. The van der Waals surface area contributed by atoms with Gasteiger partial charge in [0, 0.05) is 42.8 Å². The molecular formula is C14H20F3N3. The molecule has 1 aromatic heterocycles. The van der Waals surface area contributed by atoms with Crippen molar-refractivity contribution in [2.45, 2.75) is 32.5 Å². The van der Waals surface area contributed by atoms with Gasteiger partial charge in [0.05, 0.1) is 5.92 Å². The van der Waals surface area contributed by atoms with E-state index < -0.39 is 12.1 Å². The van der Waals surface area contributed by atoms with Crippen LogP contribution < -0.4 is 10.2 Å². The summed E-state index contributed by atoms with van der Waals surface area (Å²) in [6.45, 7) is 3.46. The van der Waals surface area contributed by atoms with Gasteiger partial charge in [-0.1, -0.05) is 0 Å². The predicted octanol–water partition coefficient (Wildman–Crippen LogP) is 2.89. The van der Waals surface area contributed by atoms with Gasteiger partial charge >= 0.3 is 6.18 Å². The summed E-state index contributed by atoms with van der Waals surface area (Å²) in [7, 11) is 1.85. The molecule has 1 fully saturated rings. The van der Waals surface area contributed by atoms with Gasteiger partial charge < -0.3 is 10.2 Å². The molecule has 2 heterocycles. The second-order valence-corrected chi connectivity index (χ2v) is 5.29. The van der Waals surface area contributed by atoms with Crippen LogP contribution in [0.5, 0.6) is 0 Å². The van der Waals surface area contributed by atoms with Gasteiger partial charge in [0.2, 0.25) is 0 Å². The molecule has 0 bridgehead atoms. The molecule has 0 saturated carbocycles. The van der Waals surface area contributed by atoms with Gasteiger partial charge in [-0.3, -0.25) is 4.98 Å². The molecule has 0 radical (unpaired) electrons. The highest BCUT2D eigenvalue weighted by molar-refractivity contribution is 5.54. The maximum Gasteiger partial charge on any atom is 0.391 e. The lowest BCUT2D eigenvalue weighted by molar-refractivity contribution is -0.179. The largest absolute Gasteiger partial charge is 0.391 e. The number of aryl methyl sites for hydroxylation is 1. The third-order valence-electron chi connectivity index (χ3n) is 3.76. The number of rotatable bonds is 3. The van der Waals surface area contributed by atoms with Crippen LogP contribution in [-0.2, 0) is 6.54 Å². The number of pyridine rings is 1. The molecule has 0 unspecified atom stereocenters. The molecule has 1 aliphatic rings. The molecule has 1 saturated heterocycles. The Hall–Kier alpha value is -1.30. The van der Waals surface area contributed by atoms with Crippen LogP contribution in [0.4, 0.5) is 18.9 Å². The fourth-order valence-electron chi connectivity index (χ4n) is 2.64. The monoisotopic (exact) mass is 287 g/mol. The van der Waals surface area contributed by atoms with E-state index in [4.69, 9.17) is 0 Å². The van der Waals surface area contributed by atoms with E-state index >= 15 is 0 Å². The first-order valence-electron chi connectivity index (χ1n) is 6.83. The molecule has 1 aromatic rings. The Labute approximate surface area is 117 Å². The van der Waals surface area contributed by atoms with Crippen molar-refractivity contribution in [2.75, 3.05) is 25.0 Å². The number of hydrogen-bond acceptors (Lipinski definition) is 3. The Morgan fingerprint density at radius 2 is 2.00 bits per heavy atom. The van der Waals surface area contributed by atoms with Gasteiger partial charge in [-0.05, 0) is 32.9 Å². The van der Waals surface area contributed by atoms with Gasteiger partial charge in [0.15, 0.2) is 0 Å². The number of piperidine rings is 1. The Morgan fingerprint density at radius 1 is 1.35 bits per heavy atom. The van der Waals surface area contributed by atoms with Gasteiger partial charge in [-0.2, -0.15) is 13.2 Å². The number of halogens is 3. The second kappa shape index (κ2) is 5.99. The van der Waals surface area contributed by atoms with Crippen LogP contribution in [0, 0.1) is 12.8 Å². The van der Waals surface area contributed by atoms with Gasteiger partial charge in [-0.15, -0.1) is 0 Å². The average Bonchev–Trinajstić information content (AvgIpc) is 2.40. The van der Waals surface area contributed by atoms with Crippen molar-refractivity contribution >= 4 is 5.69 Å². The lowest BCUT2D eigenvalue weighted by Crippen LogP contribution is -2.39. The number of hydrogen-bond donors (Lipinski definition) is 1. The Balaban J connectivity index is 2.12. The highest BCUT2D eigenvalue weighted by Gasteiger charge is 2.41. The van der Waals surface area contributed by atoms with Crippen molar-refractivity contribution in [3.05, 3.63) is 23.5 Å². The minimum absolute atomic E-state index is 0.171. The van der Waals surface area contributed by atoms with E-state index in [1.165, 1.54) is 0 Å². The molecule has 0 spiro atoms. The van der Waals surface area contributed by atoms with E-state index in [0.29, 0.717) is 19.6 Å². The number of anilines is 1. The molecule has 1 N–H and O–H groups in total. The van der Waals surface area contributed by atoms with E-state index in [9.17, 15) is 13.2 Å². The average molecular weight is 287 g/mol. The Kier molecular flexibility index (Phi) is 4.52. The molecule has 0 aliphatic carbocycles. The molecule has 112 valence electrons. The van der Waals surface area contributed by atoms with Crippen molar-refractivity contribution in [3.8, 4) is 0 Å². The molecule has 0 amide bonds. The van der Waals surface area contributed by atoms with Crippen LogP contribution in [0.3, 0.4) is 0 Å². The first kappa shape index (κ1) is 15.1. The minimum Gasteiger partial charge on any atom is -0.371 e. The zero-order valence-electron chi connectivity index (χ0n) is 11.8. The smallest absolute Gasteiger partial charge is 0.371 e. The third-order valence-corrected chi connectivity index (χ3v) is 3.76. The first-order chi connectivity index (χ1) is 9.41. The number of nitrogens with zero attached hydrogens (tertiary/aromatic N) is 2. The summed E-state index contributed by atoms with van der Waals surface area (Å²) in [5.41, 5.74) is 2.92. The van der Waals surface area contributed by atoms with Crippen molar-refractivity contribution in [1.82, 2.24) is 10.3 Å². The SMILES string of the molecule is CNCc1cnc(C)cc1N1CCC(C(F)(F)F)CC1. The van der Waals surface area contributed by atoms with Crippen molar-refractivity contribution in [1.29, 1.82) is 0 Å². The highest BCUT2D eigenvalue weighted by Crippen LogP contribution is 2.36. The van der Waals surface area contributed by atoms with Gasteiger partial charge in [0.25, 0.3) is 0 Å². The molecule has 20 heavy (non-hydrogen) atoms. The number of aromatic nitrogens is 1. The topological polar surface area (TPSA) is 28.2 Å². The molecule has 0 aromatic carbocycles. The molecule has 6 heteroatoms. The van der Waals surface area contributed by atoms with E-state index in [1.54, 1.807) is 6.20 Å². The minimum atomic E-state index is -4.06. The lowest BCUT2D eigenvalue weighted by Gasteiger charge is -2.35. The van der Waals surface area contributed by atoms with Crippen LogP contribution in [0.1, 0.15) is 24.1 Å². The molecular weight excluding hydrogens is 267 g/mol. The summed E-state index contributed by atoms with van der Waals surface area (Å²) in [6, 6.07) is 1.96. The number of nitrogens with one attached hydrogen (secondary N) is 1. The maximum absolute atomic E-state index is 12.7. The van der Waals surface area contributed by atoms with Gasteiger partial charge in [-0.25, -0.2) is 0 Å². The molecule has 0 atom stereocenters. The fraction of sp³-hybridized carbons (Fsp3) is 0.643. The lowest BCUT2D eigenvalue weighted by atomic mass is 9.95. The van der Waals surface area contributed by atoms with Crippen LogP contribution in [0.25, 0.3) is 0 Å². The predicted molar refractivity (Wildman–Crippen MR) is 72.7 cm³/mol. The summed E-state index contributed by atoms with van der Waals surface area (Å²) in [5.74, 6) is -1.16. The summed E-state index contributed by atoms with van der Waals surface area (Å²) in [5, 5.41) is 3.07. The van der Waals surface area contributed by atoms with Crippen LogP contribution in [-0.4, -0.2) is 31.3 Å². The fourth-order valence-corrected chi connectivity index (χ4v) is 2.64. The molecule has 2 rings (SSSR count). The zero-order chi connectivity index (χ0) is 14.8. The summed E-state index contributed by atoms with van der Waals surface area (Å²) in [6.07, 6.45) is -1.92. The summed E-state index contributed by atoms with van der Waals surface area (Å²) >= 11 is 0. The molecule has 3 nitrogen and oxygen atoms in total.